The number of aliphatic imine (C=N–C) groups is 1. The molecular formula is C13H8Cl2N2O3. The Bertz CT molecular complexity index is 679. The number of nitrogens with zero attached hydrogens (tertiary/aromatic N) is 2. The van der Waals surface area contributed by atoms with Crippen LogP contribution in [0.25, 0.3) is 0 Å². The average molecular weight is 311 g/mol. The first kappa shape index (κ1) is 14.3. The van der Waals surface area contributed by atoms with Crippen molar-refractivity contribution >= 4 is 40.8 Å². The Morgan fingerprint density at radius 1 is 1.20 bits per heavy atom. The summed E-state index contributed by atoms with van der Waals surface area (Å²) in [5, 5.41) is 20.4. The van der Waals surface area contributed by atoms with Gasteiger partial charge in [0.25, 0.3) is 5.69 Å². The molecule has 0 fully saturated rings. The van der Waals surface area contributed by atoms with Gasteiger partial charge < -0.3 is 5.11 Å². The third kappa shape index (κ3) is 3.07. The predicted molar refractivity (Wildman–Crippen MR) is 78.5 cm³/mol. The molecule has 0 spiro atoms. The number of halogens is 2. The van der Waals surface area contributed by atoms with Gasteiger partial charge in [0, 0.05) is 23.9 Å². The van der Waals surface area contributed by atoms with Crippen molar-refractivity contribution < 1.29 is 10.0 Å². The fourth-order valence-electron chi connectivity index (χ4n) is 1.51. The third-order valence-electron chi connectivity index (χ3n) is 2.48. The Balaban J connectivity index is 2.40. The van der Waals surface area contributed by atoms with E-state index in [0.717, 1.165) is 0 Å². The Hall–Kier alpha value is -2.11. The van der Waals surface area contributed by atoms with Crippen molar-refractivity contribution in [1.82, 2.24) is 0 Å². The summed E-state index contributed by atoms with van der Waals surface area (Å²) in [6.45, 7) is 0. The van der Waals surface area contributed by atoms with Crippen LogP contribution in [0, 0.1) is 10.1 Å². The number of aromatic hydroxyl groups is 1. The average Bonchev–Trinajstić information content (AvgIpc) is 2.39. The van der Waals surface area contributed by atoms with Crippen LogP contribution in [0.2, 0.25) is 10.0 Å². The zero-order chi connectivity index (χ0) is 14.7. The topological polar surface area (TPSA) is 75.7 Å². The van der Waals surface area contributed by atoms with E-state index in [4.69, 9.17) is 23.2 Å². The highest BCUT2D eigenvalue weighted by Crippen LogP contribution is 2.36. The summed E-state index contributed by atoms with van der Waals surface area (Å²) in [6.07, 6.45) is 1.38. The van der Waals surface area contributed by atoms with Crippen molar-refractivity contribution in [3.05, 3.63) is 62.1 Å². The molecule has 2 rings (SSSR count). The molecule has 2 aromatic carbocycles. The minimum Gasteiger partial charge on any atom is -0.507 e. The van der Waals surface area contributed by atoms with Crippen LogP contribution in [-0.2, 0) is 0 Å². The Morgan fingerprint density at radius 3 is 2.35 bits per heavy atom. The van der Waals surface area contributed by atoms with Gasteiger partial charge in [-0.1, -0.05) is 35.3 Å². The molecule has 102 valence electrons. The van der Waals surface area contributed by atoms with E-state index in [2.05, 4.69) is 4.99 Å². The number of benzene rings is 2. The van der Waals surface area contributed by atoms with Gasteiger partial charge in [0.2, 0.25) is 0 Å². The minimum absolute atomic E-state index is 0.0606. The lowest BCUT2D eigenvalue weighted by atomic mass is 10.2. The number of phenolic OH excluding ortho intramolecular Hbond substituents is 1. The van der Waals surface area contributed by atoms with Crippen LogP contribution >= 0.6 is 23.2 Å². The van der Waals surface area contributed by atoms with Crippen molar-refractivity contribution in [2.75, 3.05) is 0 Å². The van der Waals surface area contributed by atoms with Crippen molar-refractivity contribution in [1.29, 1.82) is 0 Å². The molecular weight excluding hydrogens is 303 g/mol. The van der Waals surface area contributed by atoms with Gasteiger partial charge in [-0.2, -0.15) is 0 Å². The highest BCUT2D eigenvalue weighted by Gasteiger charge is 2.13. The number of para-hydroxylation sites is 1. The van der Waals surface area contributed by atoms with E-state index < -0.39 is 4.92 Å². The molecule has 0 amide bonds. The van der Waals surface area contributed by atoms with Crippen LogP contribution in [0.4, 0.5) is 11.4 Å². The lowest BCUT2D eigenvalue weighted by molar-refractivity contribution is -0.384. The molecule has 0 heterocycles. The number of nitro groups is 1. The standard InChI is InChI=1S/C13H8Cl2N2O3/c14-10-5-9(17(19)20)6-11(15)13(10)16-7-8-3-1-2-4-12(8)18/h1-7,18H. The van der Waals surface area contributed by atoms with E-state index in [-0.39, 0.29) is 27.2 Å². The number of hydrogen-bond donors (Lipinski definition) is 1. The van der Waals surface area contributed by atoms with Gasteiger partial charge >= 0.3 is 0 Å². The molecule has 0 aromatic heterocycles. The number of non-ortho nitro benzene ring substituents is 1. The van der Waals surface area contributed by atoms with E-state index in [1.807, 2.05) is 0 Å². The smallest absolute Gasteiger partial charge is 0.272 e. The lowest BCUT2D eigenvalue weighted by Gasteiger charge is -2.02. The molecule has 0 bridgehead atoms. The van der Waals surface area contributed by atoms with Gasteiger partial charge in [0.05, 0.1) is 15.0 Å². The van der Waals surface area contributed by atoms with Crippen LogP contribution in [0.15, 0.2) is 41.4 Å². The lowest BCUT2D eigenvalue weighted by Crippen LogP contribution is -1.88. The minimum atomic E-state index is -0.589. The number of rotatable bonds is 3. The zero-order valence-electron chi connectivity index (χ0n) is 9.96. The molecule has 20 heavy (non-hydrogen) atoms. The summed E-state index contributed by atoms with van der Waals surface area (Å²) in [7, 11) is 0. The molecule has 2 aromatic rings. The molecule has 0 aliphatic rings. The maximum Gasteiger partial charge on any atom is 0.272 e. The predicted octanol–water partition coefficient (Wildman–Crippen LogP) is 4.36. The quantitative estimate of drug-likeness (QED) is 0.520. The SMILES string of the molecule is O=[N+]([O-])c1cc(Cl)c(N=Cc2ccccc2O)c(Cl)c1. The van der Waals surface area contributed by atoms with Gasteiger partial charge in [-0.3, -0.25) is 15.1 Å². The molecule has 0 aliphatic heterocycles. The number of phenols is 1. The van der Waals surface area contributed by atoms with Gasteiger partial charge in [-0.25, -0.2) is 0 Å². The first-order chi connectivity index (χ1) is 9.49. The third-order valence-corrected chi connectivity index (χ3v) is 3.06. The Labute approximate surface area is 124 Å². The molecule has 0 saturated carbocycles. The first-order valence-corrected chi connectivity index (χ1v) is 6.20. The molecule has 0 radical (unpaired) electrons. The van der Waals surface area contributed by atoms with E-state index >= 15 is 0 Å². The van der Waals surface area contributed by atoms with Crippen LogP contribution < -0.4 is 0 Å². The van der Waals surface area contributed by atoms with Crippen molar-refractivity contribution in [2.24, 2.45) is 4.99 Å². The van der Waals surface area contributed by atoms with Gasteiger partial charge in [-0.05, 0) is 12.1 Å². The van der Waals surface area contributed by atoms with Crippen molar-refractivity contribution in [3.63, 3.8) is 0 Å². The molecule has 0 saturated heterocycles. The van der Waals surface area contributed by atoms with Crippen molar-refractivity contribution in [2.45, 2.75) is 0 Å². The van der Waals surface area contributed by atoms with Crippen LogP contribution in [-0.4, -0.2) is 16.2 Å². The van der Waals surface area contributed by atoms with Crippen LogP contribution in [0.1, 0.15) is 5.56 Å². The molecule has 7 heteroatoms. The summed E-state index contributed by atoms with van der Waals surface area (Å²) in [5.74, 6) is 0.0606. The fourth-order valence-corrected chi connectivity index (χ4v) is 2.08. The maximum absolute atomic E-state index is 10.7. The largest absolute Gasteiger partial charge is 0.507 e. The molecule has 1 N–H and O–H groups in total. The van der Waals surface area contributed by atoms with Gasteiger partial charge in [0.15, 0.2) is 0 Å². The molecule has 0 unspecified atom stereocenters. The number of nitro benzene ring substituents is 1. The van der Waals surface area contributed by atoms with Gasteiger partial charge in [0.1, 0.15) is 11.4 Å². The van der Waals surface area contributed by atoms with E-state index in [1.165, 1.54) is 24.4 Å². The fraction of sp³-hybridized carbons (Fsp3) is 0. The zero-order valence-corrected chi connectivity index (χ0v) is 11.5. The second-order valence-electron chi connectivity index (χ2n) is 3.83. The summed E-state index contributed by atoms with van der Waals surface area (Å²) in [5.41, 5.74) is 0.488. The monoisotopic (exact) mass is 310 g/mol. The highest BCUT2D eigenvalue weighted by molar-refractivity contribution is 6.39. The molecule has 0 aliphatic carbocycles. The summed E-state index contributed by atoms with van der Waals surface area (Å²) in [4.78, 5) is 14.1. The maximum atomic E-state index is 10.7. The van der Waals surface area contributed by atoms with Crippen LogP contribution in [0.5, 0.6) is 5.75 Å². The number of hydrogen-bond acceptors (Lipinski definition) is 4. The van der Waals surface area contributed by atoms with Gasteiger partial charge in [-0.15, -0.1) is 0 Å². The normalized spacial score (nSPS) is 10.9. The highest BCUT2D eigenvalue weighted by atomic mass is 35.5. The van der Waals surface area contributed by atoms with Crippen LogP contribution in [0.3, 0.4) is 0 Å². The van der Waals surface area contributed by atoms with E-state index in [1.54, 1.807) is 18.2 Å². The molecule has 5 nitrogen and oxygen atoms in total. The summed E-state index contributed by atoms with van der Waals surface area (Å²) < 4.78 is 0. The first-order valence-electron chi connectivity index (χ1n) is 5.44. The van der Waals surface area contributed by atoms with Crippen molar-refractivity contribution in [3.8, 4) is 5.75 Å². The van der Waals surface area contributed by atoms with E-state index in [9.17, 15) is 15.2 Å². The molecule has 0 atom stereocenters. The Kier molecular flexibility index (Phi) is 4.22. The van der Waals surface area contributed by atoms with E-state index in [0.29, 0.717) is 5.56 Å². The summed E-state index contributed by atoms with van der Waals surface area (Å²) >= 11 is 11.8. The second-order valence-corrected chi connectivity index (χ2v) is 4.65. The second kappa shape index (κ2) is 5.90. The summed E-state index contributed by atoms with van der Waals surface area (Å²) in [6, 6.07) is 8.93. The Morgan fingerprint density at radius 2 is 1.80 bits per heavy atom.